The minimum Gasteiger partial charge on any atom is -0.329 e. The quantitative estimate of drug-likeness (QED) is 0.583. The first-order valence-electron chi connectivity index (χ1n) is 8.25. The Balaban J connectivity index is 1.90. The van der Waals surface area contributed by atoms with Gasteiger partial charge in [0.25, 0.3) is 0 Å². The van der Waals surface area contributed by atoms with Crippen molar-refractivity contribution < 1.29 is 13.0 Å². The number of anilines is 1. The van der Waals surface area contributed by atoms with E-state index in [4.69, 9.17) is 11.6 Å². The SMILES string of the molecule is CC1=CCC(Cl)C(S(=O)Nc2ccc(F)c(C#Cc3cc[nH]c(=O)c3)c2F)=C1. The molecule has 0 spiro atoms. The molecule has 0 amide bonds. The van der Waals surface area contributed by atoms with Gasteiger partial charge in [0.05, 0.1) is 21.5 Å². The average molecular weight is 421 g/mol. The van der Waals surface area contributed by atoms with Crippen LogP contribution in [-0.4, -0.2) is 14.6 Å². The van der Waals surface area contributed by atoms with Crippen LogP contribution in [0.2, 0.25) is 0 Å². The molecule has 2 N–H and O–H groups in total. The van der Waals surface area contributed by atoms with Crippen LogP contribution in [0.5, 0.6) is 0 Å². The first-order valence-corrected chi connectivity index (χ1v) is 9.83. The lowest BCUT2D eigenvalue weighted by Gasteiger charge is -2.18. The van der Waals surface area contributed by atoms with Crippen molar-refractivity contribution >= 4 is 28.3 Å². The Morgan fingerprint density at radius 3 is 2.82 bits per heavy atom. The summed E-state index contributed by atoms with van der Waals surface area (Å²) in [6.45, 7) is 1.85. The molecule has 1 aromatic carbocycles. The van der Waals surface area contributed by atoms with Gasteiger partial charge in [0.1, 0.15) is 16.8 Å². The smallest absolute Gasteiger partial charge is 0.249 e. The van der Waals surface area contributed by atoms with Gasteiger partial charge in [-0.05, 0) is 37.6 Å². The van der Waals surface area contributed by atoms with Crippen LogP contribution in [0.4, 0.5) is 14.5 Å². The summed E-state index contributed by atoms with van der Waals surface area (Å²) in [5, 5.41) is -0.476. The average Bonchev–Trinajstić information content (AvgIpc) is 2.66. The molecule has 0 fully saturated rings. The topological polar surface area (TPSA) is 62.0 Å². The standard InChI is InChI=1S/C20H15ClF2N2O2S/c1-12-2-5-15(21)18(10-12)28(27)25-17-7-6-16(22)14(20(17)23)4-3-13-8-9-24-19(26)11-13/h2,6-11,15,25H,5H2,1H3,(H,24,26). The fraction of sp³-hybridized carbons (Fsp3) is 0.150. The molecule has 3 rings (SSSR count). The Morgan fingerprint density at radius 2 is 2.07 bits per heavy atom. The van der Waals surface area contributed by atoms with Crippen LogP contribution in [0.1, 0.15) is 24.5 Å². The van der Waals surface area contributed by atoms with E-state index in [-0.39, 0.29) is 11.2 Å². The Labute approximate surface area is 167 Å². The van der Waals surface area contributed by atoms with E-state index in [1.807, 2.05) is 13.0 Å². The summed E-state index contributed by atoms with van der Waals surface area (Å²) in [4.78, 5) is 14.1. The minimum absolute atomic E-state index is 0.160. The number of aromatic amines is 1. The second-order valence-corrected chi connectivity index (χ2v) is 7.78. The maximum Gasteiger partial charge on any atom is 0.249 e. The van der Waals surface area contributed by atoms with Gasteiger partial charge in [-0.15, -0.1) is 11.6 Å². The van der Waals surface area contributed by atoms with Gasteiger partial charge in [-0.1, -0.05) is 23.5 Å². The van der Waals surface area contributed by atoms with Crippen molar-refractivity contribution in [1.82, 2.24) is 4.98 Å². The van der Waals surface area contributed by atoms with E-state index in [0.29, 0.717) is 16.9 Å². The van der Waals surface area contributed by atoms with Gasteiger partial charge in [-0.25, -0.2) is 13.0 Å². The van der Waals surface area contributed by atoms with Crippen LogP contribution in [0, 0.1) is 23.5 Å². The summed E-state index contributed by atoms with van der Waals surface area (Å²) in [5.74, 6) is 3.10. The largest absolute Gasteiger partial charge is 0.329 e. The van der Waals surface area contributed by atoms with Crippen molar-refractivity contribution in [3.8, 4) is 11.8 Å². The number of aromatic nitrogens is 1. The van der Waals surface area contributed by atoms with Gasteiger partial charge in [0.2, 0.25) is 5.56 Å². The summed E-state index contributed by atoms with van der Waals surface area (Å²) in [6.07, 6.45) is 5.50. The molecular weight excluding hydrogens is 406 g/mol. The third-order valence-corrected chi connectivity index (χ3v) is 5.72. The highest BCUT2D eigenvalue weighted by molar-refractivity contribution is 7.90. The van der Waals surface area contributed by atoms with Crippen LogP contribution in [0.25, 0.3) is 0 Å². The van der Waals surface area contributed by atoms with Crippen LogP contribution in [-0.2, 0) is 11.0 Å². The summed E-state index contributed by atoms with van der Waals surface area (Å²) >= 11 is 6.19. The number of rotatable bonds is 3. The van der Waals surface area contributed by atoms with Crippen molar-refractivity contribution in [3.63, 3.8) is 0 Å². The monoisotopic (exact) mass is 420 g/mol. The molecule has 1 aliphatic carbocycles. The maximum absolute atomic E-state index is 14.7. The van der Waals surface area contributed by atoms with Crippen molar-refractivity contribution in [2.24, 2.45) is 0 Å². The minimum atomic E-state index is -1.79. The zero-order valence-electron chi connectivity index (χ0n) is 14.7. The van der Waals surface area contributed by atoms with Crippen LogP contribution in [0.15, 0.2) is 57.9 Å². The Kier molecular flexibility index (Phi) is 6.12. The molecule has 1 heterocycles. The highest BCUT2D eigenvalue weighted by Gasteiger charge is 2.22. The van der Waals surface area contributed by atoms with Crippen molar-refractivity contribution in [2.45, 2.75) is 18.7 Å². The summed E-state index contributed by atoms with van der Waals surface area (Å²) < 4.78 is 43.9. The first kappa shape index (κ1) is 20.1. The van der Waals surface area contributed by atoms with E-state index in [1.165, 1.54) is 18.3 Å². The molecule has 1 aromatic heterocycles. The predicted molar refractivity (Wildman–Crippen MR) is 107 cm³/mol. The number of allylic oxidation sites excluding steroid dienone is 4. The predicted octanol–water partition coefficient (Wildman–Crippen LogP) is 3.97. The third-order valence-electron chi connectivity index (χ3n) is 3.94. The Hall–Kier alpha value is -2.69. The number of alkyl halides is 1. The van der Waals surface area contributed by atoms with Gasteiger partial charge >= 0.3 is 0 Å². The van der Waals surface area contributed by atoms with E-state index in [2.05, 4.69) is 21.5 Å². The molecule has 144 valence electrons. The van der Waals surface area contributed by atoms with Crippen LogP contribution in [0.3, 0.4) is 0 Å². The van der Waals surface area contributed by atoms with Crippen molar-refractivity contribution in [2.75, 3.05) is 4.72 Å². The Morgan fingerprint density at radius 1 is 1.29 bits per heavy atom. The molecule has 2 atom stereocenters. The van der Waals surface area contributed by atoms with E-state index < -0.39 is 33.6 Å². The van der Waals surface area contributed by atoms with Gasteiger partial charge in [-0.2, -0.15) is 0 Å². The van der Waals surface area contributed by atoms with Crippen molar-refractivity contribution in [1.29, 1.82) is 0 Å². The first-order chi connectivity index (χ1) is 13.3. The molecule has 0 aliphatic heterocycles. The van der Waals surface area contributed by atoms with Crippen LogP contribution >= 0.6 is 11.6 Å². The number of H-pyrrole nitrogens is 1. The maximum atomic E-state index is 14.7. The fourth-order valence-electron chi connectivity index (χ4n) is 2.51. The summed E-state index contributed by atoms with van der Waals surface area (Å²) in [7, 11) is -1.79. The molecule has 4 nitrogen and oxygen atoms in total. The lowest BCUT2D eigenvalue weighted by atomic mass is 10.1. The van der Waals surface area contributed by atoms with Crippen molar-refractivity contribution in [3.05, 3.63) is 86.2 Å². The summed E-state index contributed by atoms with van der Waals surface area (Å²) in [5.41, 5.74) is 0.194. The van der Waals surface area contributed by atoms with Gasteiger partial charge in [0, 0.05) is 17.8 Å². The molecule has 0 saturated heterocycles. The molecule has 8 heteroatoms. The number of hydrogen-bond donors (Lipinski definition) is 2. The molecular formula is C20H15ClF2N2O2S. The lowest BCUT2D eigenvalue weighted by Crippen LogP contribution is -2.17. The second kappa shape index (κ2) is 8.55. The number of hydrogen-bond acceptors (Lipinski definition) is 2. The molecule has 2 unspecified atom stereocenters. The van der Waals surface area contributed by atoms with E-state index in [1.54, 1.807) is 6.08 Å². The van der Waals surface area contributed by atoms with Gasteiger partial charge < -0.3 is 4.98 Å². The molecule has 0 saturated carbocycles. The molecule has 28 heavy (non-hydrogen) atoms. The second-order valence-electron chi connectivity index (χ2n) is 6.04. The molecule has 2 aromatic rings. The van der Waals surface area contributed by atoms with Gasteiger partial charge in [0.15, 0.2) is 5.82 Å². The molecule has 1 aliphatic rings. The number of pyridine rings is 1. The number of nitrogens with one attached hydrogen (secondary N) is 2. The van der Waals surface area contributed by atoms with Gasteiger partial charge in [-0.3, -0.25) is 9.52 Å². The highest BCUT2D eigenvalue weighted by atomic mass is 35.5. The Bertz CT molecular complexity index is 1130. The van der Waals surface area contributed by atoms with E-state index >= 15 is 0 Å². The molecule has 0 bridgehead atoms. The third kappa shape index (κ3) is 4.58. The molecule has 0 radical (unpaired) electrons. The number of halogens is 3. The van der Waals surface area contributed by atoms with Crippen LogP contribution < -0.4 is 10.3 Å². The fourth-order valence-corrected chi connectivity index (χ4v) is 4.00. The zero-order chi connectivity index (χ0) is 20.3. The normalized spacial score (nSPS) is 17.1. The lowest BCUT2D eigenvalue weighted by molar-refractivity contribution is 0.580. The zero-order valence-corrected chi connectivity index (χ0v) is 16.3. The van der Waals surface area contributed by atoms with E-state index in [9.17, 15) is 17.8 Å². The van der Waals surface area contributed by atoms with E-state index in [0.717, 1.165) is 17.7 Å². The number of benzene rings is 1. The highest BCUT2D eigenvalue weighted by Crippen LogP contribution is 2.28. The summed E-state index contributed by atoms with van der Waals surface area (Å²) in [6, 6.07) is 4.90.